The van der Waals surface area contributed by atoms with Gasteiger partial charge in [0.15, 0.2) is 11.5 Å². The first-order valence-corrected chi connectivity index (χ1v) is 12.0. The first-order valence-electron chi connectivity index (χ1n) is 12.0. The zero-order chi connectivity index (χ0) is 26.6. The third-order valence-corrected chi connectivity index (χ3v) is 6.71. The minimum atomic E-state index is -1.26. The van der Waals surface area contributed by atoms with Crippen LogP contribution in [-0.2, 0) is 0 Å². The normalized spacial score (nSPS) is 20.6. The Bertz CT molecular complexity index is 1520. The Balaban J connectivity index is 1.24. The fourth-order valence-electron chi connectivity index (χ4n) is 4.92. The van der Waals surface area contributed by atoms with Crippen molar-refractivity contribution in [2.75, 3.05) is 34.8 Å². The van der Waals surface area contributed by atoms with E-state index in [0.29, 0.717) is 30.4 Å². The van der Waals surface area contributed by atoms with Gasteiger partial charge in [-0.05, 0) is 37.3 Å². The van der Waals surface area contributed by atoms with E-state index in [9.17, 15) is 23.1 Å². The van der Waals surface area contributed by atoms with Crippen LogP contribution in [0.2, 0.25) is 0 Å². The maximum Gasteiger partial charge on any atom is 0.277 e. The minimum absolute atomic E-state index is 0.0166. The number of carbonyl (C=O) groups excluding carboxylic acids is 1. The topological polar surface area (TPSA) is 112 Å². The van der Waals surface area contributed by atoms with Gasteiger partial charge < -0.3 is 20.2 Å². The second-order valence-corrected chi connectivity index (χ2v) is 9.84. The molecule has 196 valence electrons. The van der Waals surface area contributed by atoms with Crippen molar-refractivity contribution in [3.8, 4) is 0 Å². The largest absolute Gasteiger partial charge is 0.386 e. The van der Waals surface area contributed by atoms with Crippen molar-refractivity contribution in [2.24, 2.45) is 0 Å². The van der Waals surface area contributed by atoms with Crippen molar-refractivity contribution >= 4 is 29.0 Å². The number of carbonyl (C=O) groups is 1. The number of halogens is 3. The molecule has 10 nitrogen and oxygen atoms in total. The summed E-state index contributed by atoms with van der Waals surface area (Å²) >= 11 is 0. The summed E-state index contributed by atoms with van der Waals surface area (Å²) in [7, 11) is 0. The number of benzene rings is 1. The van der Waals surface area contributed by atoms with E-state index in [1.54, 1.807) is 24.0 Å². The lowest BCUT2D eigenvalue weighted by atomic mass is 9.97. The monoisotopic (exact) mass is 524 g/mol. The van der Waals surface area contributed by atoms with Crippen LogP contribution in [0.1, 0.15) is 35.4 Å². The van der Waals surface area contributed by atoms with E-state index in [2.05, 4.69) is 25.4 Å². The van der Waals surface area contributed by atoms with Gasteiger partial charge in [-0.15, -0.1) is 5.10 Å². The van der Waals surface area contributed by atoms with Gasteiger partial charge in [0, 0.05) is 25.1 Å². The Morgan fingerprint density at radius 2 is 1.89 bits per heavy atom. The molecular formula is C25H23F3N8O2. The quantitative estimate of drug-likeness (QED) is 0.410. The molecule has 2 aliphatic heterocycles. The molecule has 0 saturated carbocycles. The highest BCUT2D eigenvalue weighted by molar-refractivity contribution is 6.02. The Morgan fingerprint density at radius 3 is 2.63 bits per heavy atom. The second-order valence-electron chi connectivity index (χ2n) is 9.84. The van der Waals surface area contributed by atoms with Gasteiger partial charge in [-0.3, -0.25) is 4.79 Å². The number of aliphatic hydroxyl groups is 1. The molecule has 2 fully saturated rings. The van der Waals surface area contributed by atoms with Crippen molar-refractivity contribution in [1.82, 2.24) is 24.6 Å². The second kappa shape index (κ2) is 8.94. The summed E-state index contributed by atoms with van der Waals surface area (Å²) in [6.45, 7) is 2.53. The third kappa shape index (κ3) is 4.38. The molecule has 6 rings (SSSR count). The number of hydrogen-bond acceptors (Lipinski definition) is 8. The average Bonchev–Trinajstić information content (AvgIpc) is 3.46. The Labute approximate surface area is 214 Å². The predicted octanol–water partition coefficient (Wildman–Crippen LogP) is 2.91. The van der Waals surface area contributed by atoms with Gasteiger partial charge >= 0.3 is 0 Å². The van der Waals surface area contributed by atoms with E-state index in [4.69, 9.17) is 0 Å². The molecule has 0 bridgehead atoms. The zero-order valence-corrected chi connectivity index (χ0v) is 20.2. The molecule has 2 atom stereocenters. The molecule has 0 unspecified atom stereocenters. The standard InChI is InChI=1S/C25H23F3N8O2/c1-25(38)12-34(13-25)22-9-29-18(8-30-22)24(37)32-23-10-31-20-4-5-21(33-36(20)23)35-11-15(27)7-19(35)16-6-14(26)2-3-17(16)28/h2-6,8-10,15,19,38H,7,11-13H2,1H3,(H,32,37)/t15-,19+/m0/s1. The SMILES string of the molecule is CC1(O)CN(c2cnc(C(=O)Nc3cnc4ccc(N5C[C@@H](F)C[C@@H]5c5cc(F)ccc5F)nn34)cn2)C1. The van der Waals surface area contributed by atoms with Crippen LogP contribution in [0.3, 0.4) is 0 Å². The van der Waals surface area contributed by atoms with Crippen LogP contribution in [0.5, 0.6) is 0 Å². The summed E-state index contributed by atoms with van der Waals surface area (Å²) in [5.41, 5.74) is -0.235. The fourth-order valence-corrected chi connectivity index (χ4v) is 4.92. The smallest absolute Gasteiger partial charge is 0.277 e. The molecule has 2 N–H and O–H groups in total. The number of imidazole rings is 1. The minimum Gasteiger partial charge on any atom is -0.386 e. The van der Waals surface area contributed by atoms with Crippen LogP contribution >= 0.6 is 0 Å². The number of fused-ring (bicyclic) bond motifs is 1. The Hall–Kier alpha value is -4.26. The number of anilines is 3. The zero-order valence-electron chi connectivity index (χ0n) is 20.2. The lowest BCUT2D eigenvalue weighted by Gasteiger charge is -2.44. The maximum atomic E-state index is 14.5. The number of alkyl halides is 1. The van der Waals surface area contributed by atoms with E-state index in [0.717, 1.165) is 18.2 Å². The predicted molar refractivity (Wildman–Crippen MR) is 132 cm³/mol. The van der Waals surface area contributed by atoms with Crippen LogP contribution in [0.4, 0.5) is 30.6 Å². The molecule has 3 aromatic heterocycles. The number of aromatic nitrogens is 5. The summed E-state index contributed by atoms with van der Waals surface area (Å²) in [6, 6.07) is 5.62. The molecule has 13 heteroatoms. The van der Waals surface area contributed by atoms with Crippen molar-refractivity contribution < 1.29 is 23.1 Å². The summed E-state index contributed by atoms with van der Waals surface area (Å²) < 4.78 is 44.2. The Morgan fingerprint density at radius 1 is 1.08 bits per heavy atom. The maximum absolute atomic E-state index is 14.5. The summed E-state index contributed by atoms with van der Waals surface area (Å²) in [5, 5.41) is 17.1. The number of hydrogen-bond donors (Lipinski definition) is 2. The first-order chi connectivity index (χ1) is 18.2. The van der Waals surface area contributed by atoms with Gasteiger partial charge in [0.25, 0.3) is 5.91 Å². The summed E-state index contributed by atoms with van der Waals surface area (Å²) in [5.74, 6) is -0.678. The highest BCUT2D eigenvalue weighted by Gasteiger charge is 2.38. The van der Waals surface area contributed by atoms with Gasteiger partial charge in [-0.2, -0.15) is 4.52 Å². The Kier molecular flexibility index (Phi) is 5.67. The average molecular weight is 525 g/mol. The fraction of sp³-hybridized carbons (Fsp3) is 0.320. The molecule has 1 aromatic carbocycles. The number of nitrogens with one attached hydrogen (secondary N) is 1. The molecule has 2 saturated heterocycles. The highest BCUT2D eigenvalue weighted by atomic mass is 19.1. The van der Waals surface area contributed by atoms with Crippen molar-refractivity contribution in [3.63, 3.8) is 0 Å². The van der Waals surface area contributed by atoms with E-state index in [-0.39, 0.29) is 30.0 Å². The van der Waals surface area contributed by atoms with Crippen LogP contribution in [0.25, 0.3) is 5.65 Å². The van der Waals surface area contributed by atoms with Crippen LogP contribution < -0.4 is 15.1 Å². The third-order valence-electron chi connectivity index (χ3n) is 6.71. The highest BCUT2D eigenvalue weighted by Crippen LogP contribution is 2.38. The van der Waals surface area contributed by atoms with Crippen LogP contribution in [0.15, 0.2) is 48.9 Å². The van der Waals surface area contributed by atoms with Crippen molar-refractivity contribution in [1.29, 1.82) is 0 Å². The molecule has 1 amide bonds. The van der Waals surface area contributed by atoms with Crippen LogP contribution in [0, 0.1) is 11.6 Å². The van der Waals surface area contributed by atoms with Crippen molar-refractivity contribution in [2.45, 2.75) is 31.2 Å². The molecule has 5 heterocycles. The number of β-amino-alcohol motifs (C(OH)–C–C–N with tert-alkyl or cyclic N) is 1. The molecule has 4 aromatic rings. The van der Waals surface area contributed by atoms with E-state index in [1.165, 1.54) is 23.1 Å². The van der Waals surface area contributed by atoms with Gasteiger partial charge in [-0.25, -0.2) is 28.1 Å². The lowest BCUT2D eigenvalue weighted by Crippen LogP contribution is -2.60. The summed E-state index contributed by atoms with van der Waals surface area (Å²) in [6.07, 6.45) is 2.94. The molecule has 38 heavy (non-hydrogen) atoms. The molecule has 0 spiro atoms. The molecule has 2 aliphatic rings. The summed E-state index contributed by atoms with van der Waals surface area (Å²) in [4.78, 5) is 28.9. The van der Waals surface area contributed by atoms with Gasteiger partial charge in [0.05, 0.1) is 36.8 Å². The number of amides is 1. The molecular weight excluding hydrogens is 501 g/mol. The molecule has 0 radical (unpaired) electrons. The van der Waals surface area contributed by atoms with Gasteiger partial charge in [0.2, 0.25) is 0 Å². The first kappa shape index (κ1) is 24.1. The molecule has 0 aliphatic carbocycles. The number of nitrogens with zero attached hydrogens (tertiary/aromatic N) is 7. The van der Waals surface area contributed by atoms with Gasteiger partial charge in [0.1, 0.15) is 35.1 Å². The number of rotatable bonds is 5. The van der Waals surface area contributed by atoms with Crippen LogP contribution in [-0.4, -0.2) is 67.0 Å². The van der Waals surface area contributed by atoms with E-state index >= 15 is 0 Å². The lowest BCUT2D eigenvalue weighted by molar-refractivity contribution is 0.0304. The van der Waals surface area contributed by atoms with E-state index < -0.39 is 35.4 Å². The van der Waals surface area contributed by atoms with Gasteiger partial charge in [-0.1, -0.05) is 0 Å². The van der Waals surface area contributed by atoms with E-state index in [1.807, 2.05) is 4.90 Å². The van der Waals surface area contributed by atoms with Crippen molar-refractivity contribution in [3.05, 3.63) is 71.8 Å².